The van der Waals surface area contributed by atoms with Crippen molar-refractivity contribution in [1.82, 2.24) is 4.90 Å². The Kier molecular flexibility index (Phi) is 7.24. The highest BCUT2D eigenvalue weighted by Gasteiger charge is 2.41. The van der Waals surface area contributed by atoms with Crippen LogP contribution in [0, 0.1) is 0 Å². The molecule has 7 nitrogen and oxygen atoms in total. The summed E-state index contributed by atoms with van der Waals surface area (Å²) in [4.78, 5) is 27.0. The first kappa shape index (κ1) is 26.6. The highest BCUT2D eigenvalue weighted by Crippen LogP contribution is 2.41. The second-order valence-electron chi connectivity index (χ2n) is 8.74. The smallest absolute Gasteiger partial charge is 0.453 e. The Morgan fingerprint density at radius 3 is 2.44 bits per heavy atom. The van der Waals surface area contributed by atoms with Gasteiger partial charge in [-0.3, -0.25) is 9.69 Å². The van der Waals surface area contributed by atoms with E-state index in [-0.39, 0.29) is 42.2 Å². The molecule has 0 aliphatic carbocycles. The van der Waals surface area contributed by atoms with Crippen LogP contribution in [0.15, 0.2) is 69.9 Å². The fourth-order valence-electron chi connectivity index (χ4n) is 4.21. The number of esters is 1. The third-order valence-corrected chi connectivity index (χ3v) is 6.28. The number of alkyl halides is 3. The third-order valence-electron chi connectivity index (χ3n) is 6.03. The van der Waals surface area contributed by atoms with E-state index < -0.39 is 29.1 Å². The van der Waals surface area contributed by atoms with E-state index in [0.29, 0.717) is 22.9 Å². The molecule has 4 aromatic rings. The standard InChI is InChI=1S/C28H21ClF3NO6/c1-2-36-27(35)17-5-9-19(10-6-17)38-25-23(34)20-11-12-22-21(24(20)39-26(25)28(30,31)32)14-33(15-37-22)13-16-3-7-18(29)8-4-16/h3-12H,2,13-15H2,1H3. The predicted octanol–water partition coefficient (Wildman–Crippen LogP) is 6.79. The first-order valence-corrected chi connectivity index (χ1v) is 12.3. The van der Waals surface area contributed by atoms with E-state index >= 15 is 0 Å². The molecular formula is C28H21ClF3NO6. The first-order valence-electron chi connectivity index (χ1n) is 11.9. The zero-order chi connectivity index (χ0) is 27.7. The van der Waals surface area contributed by atoms with Gasteiger partial charge in [0.25, 0.3) is 5.76 Å². The van der Waals surface area contributed by atoms with E-state index in [1.165, 1.54) is 36.4 Å². The number of ether oxygens (including phenoxy) is 3. The summed E-state index contributed by atoms with van der Waals surface area (Å²) in [6.07, 6.45) is -5.03. The lowest BCUT2D eigenvalue weighted by Gasteiger charge is -2.29. The summed E-state index contributed by atoms with van der Waals surface area (Å²) in [6.45, 7) is 2.63. The van der Waals surface area contributed by atoms with Crippen LogP contribution in [0.1, 0.15) is 34.2 Å². The van der Waals surface area contributed by atoms with Crippen molar-refractivity contribution >= 4 is 28.5 Å². The van der Waals surface area contributed by atoms with Gasteiger partial charge in [-0.1, -0.05) is 23.7 Å². The molecule has 202 valence electrons. The first-order chi connectivity index (χ1) is 18.6. The van der Waals surface area contributed by atoms with Gasteiger partial charge in [-0.15, -0.1) is 0 Å². The largest absolute Gasteiger partial charge is 0.478 e. The van der Waals surface area contributed by atoms with E-state index in [1.54, 1.807) is 19.1 Å². The summed E-state index contributed by atoms with van der Waals surface area (Å²) in [5.41, 5.74) is 0.210. The molecule has 3 aromatic carbocycles. The van der Waals surface area contributed by atoms with Crippen LogP contribution in [0.5, 0.6) is 17.2 Å². The van der Waals surface area contributed by atoms with Gasteiger partial charge in [-0.25, -0.2) is 4.79 Å². The lowest BCUT2D eigenvalue weighted by atomic mass is 10.1. The van der Waals surface area contributed by atoms with Crippen LogP contribution in [0.2, 0.25) is 5.02 Å². The minimum Gasteiger partial charge on any atom is -0.478 e. The number of benzene rings is 3. The summed E-state index contributed by atoms with van der Waals surface area (Å²) >= 11 is 5.95. The Bertz CT molecular complexity index is 1580. The number of hydrogen-bond donors (Lipinski definition) is 0. The van der Waals surface area contributed by atoms with Crippen LogP contribution in [-0.4, -0.2) is 24.2 Å². The van der Waals surface area contributed by atoms with Crippen molar-refractivity contribution < 1.29 is 36.6 Å². The number of nitrogens with zero attached hydrogens (tertiary/aromatic N) is 1. The monoisotopic (exact) mass is 559 g/mol. The summed E-state index contributed by atoms with van der Waals surface area (Å²) in [6, 6.07) is 15.2. The van der Waals surface area contributed by atoms with Crippen molar-refractivity contribution in [2.75, 3.05) is 13.3 Å². The van der Waals surface area contributed by atoms with Crippen molar-refractivity contribution in [3.63, 3.8) is 0 Å². The Balaban J connectivity index is 1.52. The van der Waals surface area contributed by atoms with Gasteiger partial charge >= 0.3 is 12.1 Å². The van der Waals surface area contributed by atoms with E-state index in [9.17, 15) is 22.8 Å². The molecule has 1 aromatic heterocycles. The molecule has 0 spiro atoms. The highest BCUT2D eigenvalue weighted by molar-refractivity contribution is 6.30. The molecule has 5 rings (SSSR count). The van der Waals surface area contributed by atoms with Crippen molar-refractivity contribution in [1.29, 1.82) is 0 Å². The second kappa shape index (κ2) is 10.6. The molecular weight excluding hydrogens is 539 g/mol. The molecule has 1 aliphatic rings. The van der Waals surface area contributed by atoms with Crippen molar-refractivity contribution in [2.45, 2.75) is 26.2 Å². The third kappa shape index (κ3) is 5.57. The Morgan fingerprint density at radius 2 is 1.77 bits per heavy atom. The zero-order valence-corrected chi connectivity index (χ0v) is 21.3. The van der Waals surface area contributed by atoms with Gasteiger partial charge in [0.15, 0.2) is 0 Å². The van der Waals surface area contributed by atoms with Gasteiger partial charge in [-0.2, -0.15) is 13.2 Å². The number of rotatable bonds is 6. The summed E-state index contributed by atoms with van der Waals surface area (Å²) in [5, 5.41) is 0.497. The molecule has 0 radical (unpaired) electrons. The fourth-order valence-corrected chi connectivity index (χ4v) is 4.34. The topological polar surface area (TPSA) is 78.2 Å². The average Bonchev–Trinajstić information content (AvgIpc) is 2.91. The van der Waals surface area contributed by atoms with Gasteiger partial charge in [-0.05, 0) is 61.0 Å². The van der Waals surface area contributed by atoms with Gasteiger partial charge in [0.05, 0.1) is 23.1 Å². The van der Waals surface area contributed by atoms with E-state index in [2.05, 4.69) is 0 Å². The number of hydrogen-bond acceptors (Lipinski definition) is 7. The minimum atomic E-state index is -5.03. The van der Waals surface area contributed by atoms with Gasteiger partial charge < -0.3 is 18.6 Å². The maximum Gasteiger partial charge on any atom is 0.453 e. The molecule has 0 saturated heterocycles. The van der Waals surface area contributed by atoms with Crippen LogP contribution < -0.4 is 14.9 Å². The molecule has 0 bridgehead atoms. The fraction of sp³-hybridized carbons (Fsp3) is 0.214. The van der Waals surface area contributed by atoms with Crippen molar-refractivity contribution in [2.24, 2.45) is 0 Å². The maximum atomic E-state index is 14.1. The van der Waals surface area contributed by atoms with E-state index in [0.717, 1.165) is 5.56 Å². The van der Waals surface area contributed by atoms with Crippen LogP contribution in [0.25, 0.3) is 11.0 Å². The van der Waals surface area contributed by atoms with Crippen LogP contribution >= 0.6 is 11.6 Å². The Hall–Kier alpha value is -4.02. The molecule has 39 heavy (non-hydrogen) atoms. The molecule has 0 atom stereocenters. The molecule has 1 aliphatic heterocycles. The SMILES string of the molecule is CCOC(=O)c1ccc(Oc2c(C(F)(F)F)oc3c4c(ccc3c2=O)OCN(Cc2ccc(Cl)cc2)C4)cc1. The molecule has 0 unspecified atom stereocenters. The molecule has 0 fully saturated rings. The van der Waals surface area contributed by atoms with E-state index in [4.69, 9.17) is 30.2 Å². The second-order valence-corrected chi connectivity index (χ2v) is 9.18. The normalized spacial score (nSPS) is 13.6. The van der Waals surface area contributed by atoms with Crippen molar-refractivity contribution in [3.8, 4) is 17.2 Å². The molecule has 2 heterocycles. The summed E-state index contributed by atoms with van der Waals surface area (Å²) in [5.74, 6) is -2.93. The van der Waals surface area contributed by atoms with Gasteiger partial charge in [0.1, 0.15) is 23.8 Å². The van der Waals surface area contributed by atoms with Gasteiger partial charge in [0, 0.05) is 18.1 Å². The summed E-state index contributed by atoms with van der Waals surface area (Å²) < 4.78 is 63.8. The number of carbonyl (C=O) groups excluding carboxylic acids is 1. The van der Waals surface area contributed by atoms with Crippen LogP contribution in [0.4, 0.5) is 13.2 Å². The number of carbonyl (C=O) groups is 1. The maximum absolute atomic E-state index is 14.1. The van der Waals surface area contributed by atoms with Gasteiger partial charge in [0.2, 0.25) is 11.2 Å². The van der Waals surface area contributed by atoms with Crippen molar-refractivity contribution in [3.05, 3.63) is 98.4 Å². The predicted molar refractivity (Wildman–Crippen MR) is 136 cm³/mol. The van der Waals surface area contributed by atoms with Crippen LogP contribution in [0.3, 0.4) is 0 Å². The molecule has 0 N–H and O–H groups in total. The number of fused-ring (bicyclic) bond motifs is 3. The highest BCUT2D eigenvalue weighted by atomic mass is 35.5. The summed E-state index contributed by atoms with van der Waals surface area (Å²) in [7, 11) is 0. The molecule has 0 saturated carbocycles. The lowest BCUT2D eigenvalue weighted by Crippen LogP contribution is -2.32. The molecule has 0 amide bonds. The minimum absolute atomic E-state index is 0.0863. The molecule has 11 heteroatoms. The lowest BCUT2D eigenvalue weighted by molar-refractivity contribution is -0.154. The van der Waals surface area contributed by atoms with E-state index in [1.807, 2.05) is 17.0 Å². The Morgan fingerprint density at radius 1 is 1.05 bits per heavy atom. The zero-order valence-electron chi connectivity index (χ0n) is 20.5. The quantitative estimate of drug-likeness (QED) is 0.241. The average molecular weight is 560 g/mol. The number of halogens is 4. The Labute approximate surface area is 225 Å². The van der Waals surface area contributed by atoms with Crippen LogP contribution in [-0.2, 0) is 24.0 Å².